The van der Waals surface area contributed by atoms with Crippen molar-refractivity contribution in [2.45, 2.75) is 46.5 Å². The molecule has 160 valence electrons. The maximum absolute atomic E-state index is 13.1. The Bertz CT molecular complexity index is 699. The molecule has 1 aliphatic heterocycles. The van der Waals surface area contributed by atoms with Crippen molar-refractivity contribution >= 4 is 23.6 Å². The molecule has 1 atom stereocenters. The number of ether oxygens (including phenoxy) is 1. The molecule has 1 unspecified atom stereocenters. The Balaban J connectivity index is 2.03. The van der Waals surface area contributed by atoms with E-state index in [9.17, 15) is 14.4 Å². The number of unbranched alkanes of at least 4 members (excludes halogenated alkanes) is 1. The van der Waals surface area contributed by atoms with Gasteiger partial charge in [0.25, 0.3) is 5.91 Å². The molecule has 3 amide bonds. The van der Waals surface area contributed by atoms with Crippen LogP contribution in [0.2, 0.25) is 0 Å². The van der Waals surface area contributed by atoms with Gasteiger partial charge in [0.1, 0.15) is 0 Å². The van der Waals surface area contributed by atoms with E-state index in [1.54, 1.807) is 34.9 Å². The molecule has 0 radical (unpaired) electrons. The molecule has 1 heterocycles. The predicted molar refractivity (Wildman–Crippen MR) is 113 cm³/mol. The first-order valence-corrected chi connectivity index (χ1v) is 10.6. The van der Waals surface area contributed by atoms with Crippen LogP contribution in [0.5, 0.6) is 0 Å². The zero-order valence-corrected chi connectivity index (χ0v) is 17.8. The monoisotopic (exact) mass is 403 g/mol. The molecule has 29 heavy (non-hydrogen) atoms. The maximum Gasteiger partial charge on any atom is 0.409 e. The number of carbonyl (C=O) groups is 3. The summed E-state index contributed by atoms with van der Waals surface area (Å²) in [5.41, 5.74) is 1.03. The SMILES string of the molecule is CCCCC(CC)C(=O)Nc1ccccc1C(=O)N1CCN(C(=O)OCC)CC1. The molecule has 2 rings (SSSR count). The highest BCUT2D eigenvalue weighted by molar-refractivity contribution is 6.04. The summed E-state index contributed by atoms with van der Waals surface area (Å²) in [7, 11) is 0. The number of hydrogen-bond donors (Lipinski definition) is 1. The fourth-order valence-electron chi connectivity index (χ4n) is 3.46. The van der Waals surface area contributed by atoms with Gasteiger partial charge in [0.2, 0.25) is 5.91 Å². The van der Waals surface area contributed by atoms with Crippen LogP contribution in [0.3, 0.4) is 0 Å². The molecule has 1 saturated heterocycles. The Morgan fingerprint density at radius 1 is 1.03 bits per heavy atom. The van der Waals surface area contributed by atoms with Crippen molar-refractivity contribution in [3.8, 4) is 0 Å². The summed E-state index contributed by atoms with van der Waals surface area (Å²) in [6.07, 6.45) is 3.35. The molecule has 1 aromatic carbocycles. The third kappa shape index (κ3) is 6.21. The van der Waals surface area contributed by atoms with E-state index in [1.165, 1.54) is 0 Å². The number of carbonyl (C=O) groups excluding carboxylic acids is 3. The van der Waals surface area contributed by atoms with Gasteiger partial charge in [-0.15, -0.1) is 0 Å². The summed E-state index contributed by atoms with van der Waals surface area (Å²) < 4.78 is 5.02. The van der Waals surface area contributed by atoms with Gasteiger partial charge in [-0.2, -0.15) is 0 Å². The zero-order chi connectivity index (χ0) is 21.2. The summed E-state index contributed by atoms with van der Waals surface area (Å²) in [4.78, 5) is 40.9. The lowest BCUT2D eigenvalue weighted by Crippen LogP contribution is -2.50. The highest BCUT2D eigenvalue weighted by Crippen LogP contribution is 2.21. The van der Waals surface area contributed by atoms with Gasteiger partial charge >= 0.3 is 6.09 Å². The zero-order valence-electron chi connectivity index (χ0n) is 17.8. The fourth-order valence-corrected chi connectivity index (χ4v) is 3.46. The second kappa shape index (κ2) is 11.4. The Hall–Kier alpha value is -2.57. The predicted octanol–water partition coefficient (Wildman–Crippen LogP) is 3.76. The first kappa shape index (κ1) is 22.7. The van der Waals surface area contributed by atoms with Crippen LogP contribution >= 0.6 is 0 Å². The normalized spacial score (nSPS) is 15.0. The lowest BCUT2D eigenvalue weighted by Gasteiger charge is -2.34. The van der Waals surface area contributed by atoms with E-state index in [1.807, 2.05) is 13.0 Å². The van der Waals surface area contributed by atoms with Crippen LogP contribution in [0.4, 0.5) is 10.5 Å². The second-order valence-electron chi connectivity index (χ2n) is 7.26. The van der Waals surface area contributed by atoms with E-state index in [4.69, 9.17) is 4.74 Å². The van der Waals surface area contributed by atoms with Crippen molar-refractivity contribution in [3.05, 3.63) is 29.8 Å². The summed E-state index contributed by atoms with van der Waals surface area (Å²) in [6, 6.07) is 7.12. The number of anilines is 1. The van der Waals surface area contributed by atoms with E-state index < -0.39 is 0 Å². The van der Waals surface area contributed by atoms with E-state index >= 15 is 0 Å². The minimum absolute atomic E-state index is 0.0340. The number of piperazine rings is 1. The molecule has 0 saturated carbocycles. The van der Waals surface area contributed by atoms with E-state index in [2.05, 4.69) is 12.2 Å². The fraction of sp³-hybridized carbons (Fsp3) is 0.591. The maximum atomic E-state index is 13.1. The summed E-state index contributed by atoms with van der Waals surface area (Å²) in [6.45, 7) is 7.99. The van der Waals surface area contributed by atoms with Gasteiger partial charge < -0.3 is 19.9 Å². The minimum atomic E-state index is -0.343. The van der Waals surface area contributed by atoms with E-state index in [-0.39, 0.29) is 23.8 Å². The molecule has 1 fully saturated rings. The molecule has 7 nitrogen and oxygen atoms in total. The summed E-state index contributed by atoms with van der Waals surface area (Å²) in [5.74, 6) is -0.217. The number of para-hydroxylation sites is 1. The third-order valence-corrected chi connectivity index (χ3v) is 5.28. The van der Waals surface area contributed by atoms with Gasteiger partial charge in [0, 0.05) is 32.1 Å². The molecule has 0 aliphatic carbocycles. The van der Waals surface area contributed by atoms with Crippen LogP contribution in [0, 0.1) is 5.92 Å². The van der Waals surface area contributed by atoms with Crippen LogP contribution in [0.15, 0.2) is 24.3 Å². The van der Waals surface area contributed by atoms with Gasteiger partial charge in [-0.25, -0.2) is 4.79 Å². The summed E-state index contributed by atoms with van der Waals surface area (Å²) >= 11 is 0. The Morgan fingerprint density at radius 2 is 1.69 bits per heavy atom. The molecular weight excluding hydrogens is 370 g/mol. The highest BCUT2D eigenvalue weighted by Gasteiger charge is 2.27. The number of amides is 3. The summed E-state index contributed by atoms with van der Waals surface area (Å²) in [5, 5.41) is 2.96. The van der Waals surface area contributed by atoms with E-state index in [0.29, 0.717) is 44.0 Å². The Kier molecular flexibility index (Phi) is 8.96. The minimum Gasteiger partial charge on any atom is -0.450 e. The first-order valence-electron chi connectivity index (χ1n) is 10.6. The van der Waals surface area contributed by atoms with Crippen molar-refractivity contribution in [3.63, 3.8) is 0 Å². The highest BCUT2D eigenvalue weighted by atomic mass is 16.6. The van der Waals surface area contributed by atoms with Crippen molar-refractivity contribution in [2.75, 3.05) is 38.1 Å². The lowest BCUT2D eigenvalue weighted by atomic mass is 9.98. The van der Waals surface area contributed by atoms with Crippen molar-refractivity contribution in [1.29, 1.82) is 0 Å². The van der Waals surface area contributed by atoms with Crippen LogP contribution in [-0.2, 0) is 9.53 Å². The van der Waals surface area contributed by atoms with Crippen LogP contribution in [-0.4, -0.2) is 60.5 Å². The van der Waals surface area contributed by atoms with Crippen LogP contribution in [0.1, 0.15) is 56.8 Å². The standard InChI is InChI=1S/C22H33N3O4/c1-4-7-10-17(5-2)20(26)23-19-12-9-8-11-18(19)21(27)24-13-15-25(16-14-24)22(28)29-6-3/h8-9,11-12,17H,4-7,10,13-16H2,1-3H3,(H,23,26). The number of hydrogen-bond acceptors (Lipinski definition) is 4. The van der Waals surface area contributed by atoms with Gasteiger partial charge in [-0.1, -0.05) is 38.8 Å². The average molecular weight is 404 g/mol. The molecule has 1 N–H and O–H groups in total. The van der Waals surface area contributed by atoms with Crippen LogP contribution in [0.25, 0.3) is 0 Å². The quantitative estimate of drug-likeness (QED) is 0.717. The molecular formula is C22H33N3O4. The third-order valence-electron chi connectivity index (χ3n) is 5.28. The van der Waals surface area contributed by atoms with E-state index in [0.717, 1.165) is 25.7 Å². The number of nitrogens with one attached hydrogen (secondary N) is 1. The lowest BCUT2D eigenvalue weighted by molar-refractivity contribution is -0.120. The molecule has 0 spiro atoms. The van der Waals surface area contributed by atoms with Crippen LogP contribution < -0.4 is 5.32 Å². The first-order chi connectivity index (χ1) is 14.0. The topological polar surface area (TPSA) is 79.0 Å². The smallest absolute Gasteiger partial charge is 0.409 e. The van der Waals surface area contributed by atoms with Gasteiger partial charge in [-0.05, 0) is 31.9 Å². The molecule has 0 bridgehead atoms. The number of nitrogens with zero attached hydrogens (tertiary/aromatic N) is 2. The molecule has 1 aromatic rings. The average Bonchev–Trinajstić information content (AvgIpc) is 2.74. The van der Waals surface area contributed by atoms with Gasteiger partial charge in [0.15, 0.2) is 0 Å². The Labute approximate surface area is 173 Å². The van der Waals surface area contributed by atoms with Crippen molar-refractivity contribution in [2.24, 2.45) is 5.92 Å². The van der Waals surface area contributed by atoms with Gasteiger partial charge in [0.05, 0.1) is 17.9 Å². The Morgan fingerprint density at radius 3 is 2.31 bits per heavy atom. The van der Waals surface area contributed by atoms with Gasteiger partial charge in [-0.3, -0.25) is 9.59 Å². The van der Waals surface area contributed by atoms with Crippen molar-refractivity contribution in [1.82, 2.24) is 9.80 Å². The number of rotatable bonds is 8. The largest absolute Gasteiger partial charge is 0.450 e. The second-order valence-corrected chi connectivity index (χ2v) is 7.26. The number of benzene rings is 1. The molecule has 7 heteroatoms. The van der Waals surface area contributed by atoms with Crippen molar-refractivity contribution < 1.29 is 19.1 Å². The molecule has 1 aliphatic rings. The molecule has 0 aromatic heterocycles.